The van der Waals surface area contributed by atoms with E-state index >= 15 is 0 Å². The van der Waals surface area contributed by atoms with Gasteiger partial charge in [-0.2, -0.15) is 0 Å². The zero-order valence-electron chi connectivity index (χ0n) is 10.5. The predicted octanol–water partition coefficient (Wildman–Crippen LogP) is 1.34. The smallest absolute Gasteiger partial charge is 0.107 e. The standard InChI is InChI=1S/C13H17N5/c1-18-9-16-8-13(18)12-7-15-6-11(17-12)10-3-2-4-14-5-10/h6-10,14H,2-5H2,1H3/t10-/m0/s1. The molecule has 1 N–H and O–H groups in total. The number of nitrogens with one attached hydrogen (secondary N) is 1. The summed E-state index contributed by atoms with van der Waals surface area (Å²) < 4.78 is 1.97. The molecule has 1 fully saturated rings. The number of aryl methyl sites for hydroxylation is 1. The highest BCUT2D eigenvalue weighted by Crippen LogP contribution is 2.23. The topological polar surface area (TPSA) is 55.6 Å². The first-order chi connectivity index (χ1) is 8.84. The van der Waals surface area contributed by atoms with Gasteiger partial charge < -0.3 is 9.88 Å². The van der Waals surface area contributed by atoms with Gasteiger partial charge in [-0.1, -0.05) is 0 Å². The molecule has 94 valence electrons. The predicted molar refractivity (Wildman–Crippen MR) is 69.1 cm³/mol. The zero-order valence-corrected chi connectivity index (χ0v) is 10.5. The van der Waals surface area contributed by atoms with Gasteiger partial charge in [-0.15, -0.1) is 0 Å². The van der Waals surface area contributed by atoms with Crippen LogP contribution in [0.1, 0.15) is 24.5 Å². The minimum absolute atomic E-state index is 0.486. The summed E-state index contributed by atoms with van der Waals surface area (Å²) in [5.74, 6) is 0.486. The number of rotatable bonds is 2. The summed E-state index contributed by atoms with van der Waals surface area (Å²) in [5, 5.41) is 3.41. The van der Waals surface area contributed by atoms with E-state index in [1.165, 1.54) is 12.8 Å². The van der Waals surface area contributed by atoms with Gasteiger partial charge in [0.2, 0.25) is 0 Å². The second kappa shape index (κ2) is 4.86. The van der Waals surface area contributed by atoms with Crippen molar-refractivity contribution in [2.75, 3.05) is 13.1 Å². The van der Waals surface area contributed by atoms with E-state index in [2.05, 4.69) is 15.3 Å². The van der Waals surface area contributed by atoms with E-state index in [9.17, 15) is 0 Å². The average molecular weight is 243 g/mol. The van der Waals surface area contributed by atoms with Gasteiger partial charge in [0.1, 0.15) is 5.69 Å². The van der Waals surface area contributed by atoms with Crippen molar-refractivity contribution >= 4 is 0 Å². The summed E-state index contributed by atoms with van der Waals surface area (Å²) in [5.41, 5.74) is 2.99. The van der Waals surface area contributed by atoms with E-state index in [4.69, 9.17) is 4.98 Å². The van der Waals surface area contributed by atoms with Crippen LogP contribution in [-0.4, -0.2) is 32.6 Å². The highest BCUT2D eigenvalue weighted by Gasteiger charge is 2.17. The van der Waals surface area contributed by atoms with Crippen LogP contribution in [0, 0.1) is 0 Å². The largest absolute Gasteiger partial charge is 0.332 e. The van der Waals surface area contributed by atoms with Gasteiger partial charge in [-0.3, -0.25) is 4.98 Å². The Hall–Kier alpha value is -1.75. The number of imidazole rings is 1. The van der Waals surface area contributed by atoms with Crippen LogP contribution in [0.15, 0.2) is 24.9 Å². The van der Waals surface area contributed by atoms with Crippen molar-refractivity contribution in [3.8, 4) is 11.4 Å². The van der Waals surface area contributed by atoms with Gasteiger partial charge in [0.15, 0.2) is 0 Å². The van der Waals surface area contributed by atoms with Crippen molar-refractivity contribution in [2.45, 2.75) is 18.8 Å². The van der Waals surface area contributed by atoms with E-state index in [1.807, 2.05) is 24.0 Å². The SMILES string of the molecule is Cn1cncc1-c1cncc([C@H]2CCCNC2)n1. The highest BCUT2D eigenvalue weighted by atomic mass is 15.0. The van der Waals surface area contributed by atoms with Gasteiger partial charge in [-0.05, 0) is 19.4 Å². The fraction of sp³-hybridized carbons (Fsp3) is 0.462. The van der Waals surface area contributed by atoms with E-state index < -0.39 is 0 Å². The molecule has 0 bridgehead atoms. The van der Waals surface area contributed by atoms with Crippen LogP contribution >= 0.6 is 0 Å². The van der Waals surface area contributed by atoms with Crippen molar-refractivity contribution in [3.05, 3.63) is 30.6 Å². The molecule has 3 heterocycles. The molecule has 1 aliphatic rings. The molecule has 2 aromatic heterocycles. The van der Waals surface area contributed by atoms with Crippen LogP contribution in [0.2, 0.25) is 0 Å². The molecule has 0 saturated carbocycles. The Bertz CT molecular complexity index is 528. The van der Waals surface area contributed by atoms with Crippen LogP contribution in [0.4, 0.5) is 0 Å². The number of nitrogens with zero attached hydrogens (tertiary/aromatic N) is 4. The maximum Gasteiger partial charge on any atom is 0.107 e. The second-order valence-electron chi connectivity index (χ2n) is 4.76. The van der Waals surface area contributed by atoms with E-state index in [1.54, 1.807) is 12.5 Å². The molecule has 2 aromatic rings. The van der Waals surface area contributed by atoms with Crippen LogP contribution in [0.25, 0.3) is 11.4 Å². The molecular weight excluding hydrogens is 226 g/mol. The summed E-state index contributed by atoms with van der Waals surface area (Å²) in [6.45, 7) is 2.12. The minimum Gasteiger partial charge on any atom is -0.332 e. The Morgan fingerprint density at radius 3 is 2.94 bits per heavy atom. The van der Waals surface area contributed by atoms with Crippen molar-refractivity contribution in [1.29, 1.82) is 0 Å². The fourth-order valence-electron chi connectivity index (χ4n) is 2.41. The Morgan fingerprint density at radius 1 is 1.28 bits per heavy atom. The van der Waals surface area contributed by atoms with Crippen molar-refractivity contribution in [2.24, 2.45) is 7.05 Å². The quantitative estimate of drug-likeness (QED) is 0.865. The first-order valence-electron chi connectivity index (χ1n) is 6.34. The summed E-state index contributed by atoms with van der Waals surface area (Å²) in [7, 11) is 1.97. The van der Waals surface area contributed by atoms with E-state index in [0.717, 1.165) is 30.2 Å². The molecule has 5 nitrogen and oxygen atoms in total. The molecule has 0 aliphatic carbocycles. The summed E-state index contributed by atoms with van der Waals surface area (Å²) in [6.07, 6.45) is 9.70. The number of hydrogen-bond donors (Lipinski definition) is 1. The third-order valence-electron chi connectivity index (χ3n) is 3.45. The molecule has 0 amide bonds. The molecule has 3 rings (SSSR count). The number of hydrogen-bond acceptors (Lipinski definition) is 4. The average Bonchev–Trinajstić information content (AvgIpc) is 2.86. The Labute approximate surface area is 106 Å². The van der Waals surface area contributed by atoms with Crippen LogP contribution < -0.4 is 5.32 Å². The van der Waals surface area contributed by atoms with Crippen molar-refractivity contribution in [3.63, 3.8) is 0 Å². The molecular formula is C13H17N5. The van der Waals surface area contributed by atoms with Crippen LogP contribution in [-0.2, 0) is 7.05 Å². The van der Waals surface area contributed by atoms with Crippen molar-refractivity contribution < 1.29 is 0 Å². The van der Waals surface area contributed by atoms with E-state index in [0.29, 0.717) is 5.92 Å². The third kappa shape index (κ3) is 2.13. The molecule has 0 radical (unpaired) electrons. The highest BCUT2D eigenvalue weighted by molar-refractivity contribution is 5.52. The number of aromatic nitrogens is 4. The van der Waals surface area contributed by atoms with Crippen LogP contribution in [0.5, 0.6) is 0 Å². The molecule has 1 atom stereocenters. The van der Waals surface area contributed by atoms with Crippen LogP contribution in [0.3, 0.4) is 0 Å². The van der Waals surface area contributed by atoms with Crippen molar-refractivity contribution in [1.82, 2.24) is 24.8 Å². The van der Waals surface area contributed by atoms with E-state index in [-0.39, 0.29) is 0 Å². The molecule has 18 heavy (non-hydrogen) atoms. The molecule has 0 unspecified atom stereocenters. The monoisotopic (exact) mass is 243 g/mol. The van der Waals surface area contributed by atoms with Gasteiger partial charge in [0.05, 0.1) is 30.1 Å². The molecule has 5 heteroatoms. The molecule has 0 spiro atoms. The lowest BCUT2D eigenvalue weighted by Gasteiger charge is -2.22. The van der Waals surface area contributed by atoms with Gasteiger partial charge >= 0.3 is 0 Å². The lowest BCUT2D eigenvalue weighted by atomic mass is 9.96. The third-order valence-corrected chi connectivity index (χ3v) is 3.45. The van der Waals surface area contributed by atoms with Gasteiger partial charge in [0.25, 0.3) is 0 Å². The second-order valence-corrected chi connectivity index (χ2v) is 4.76. The summed E-state index contributed by atoms with van der Waals surface area (Å²) in [4.78, 5) is 13.2. The lowest BCUT2D eigenvalue weighted by molar-refractivity contribution is 0.454. The summed E-state index contributed by atoms with van der Waals surface area (Å²) in [6, 6.07) is 0. The van der Waals surface area contributed by atoms with Gasteiger partial charge in [0, 0.05) is 25.7 Å². The first kappa shape index (κ1) is 11.3. The Morgan fingerprint density at radius 2 is 2.22 bits per heavy atom. The molecule has 0 aromatic carbocycles. The zero-order chi connectivity index (χ0) is 12.4. The maximum atomic E-state index is 4.74. The lowest BCUT2D eigenvalue weighted by Crippen LogP contribution is -2.29. The Kier molecular flexibility index (Phi) is 3.06. The molecule has 1 saturated heterocycles. The minimum atomic E-state index is 0.486. The summed E-state index contributed by atoms with van der Waals surface area (Å²) >= 11 is 0. The normalized spacial score (nSPS) is 19.9. The first-order valence-corrected chi connectivity index (χ1v) is 6.34. The fourth-order valence-corrected chi connectivity index (χ4v) is 2.41. The maximum absolute atomic E-state index is 4.74. The molecule has 1 aliphatic heterocycles. The number of piperidine rings is 1. The Balaban J connectivity index is 1.91. The van der Waals surface area contributed by atoms with Gasteiger partial charge in [-0.25, -0.2) is 9.97 Å².